The summed E-state index contributed by atoms with van der Waals surface area (Å²) < 4.78 is 11.5. The van der Waals surface area contributed by atoms with E-state index >= 15 is 0 Å². The molecule has 0 aromatic heterocycles. The second kappa shape index (κ2) is 11.9. The van der Waals surface area contributed by atoms with Gasteiger partial charge in [0.15, 0.2) is 6.61 Å². The van der Waals surface area contributed by atoms with Crippen LogP contribution >= 0.6 is 23.5 Å². The van der Waals surface area contributed by atoms with Crippen molar-refractivity contribution >= 4 is 29.4 Å². The normalized spacial score (nSPS) is 17.8. The smallest absolute Gasteiger partial charge is 0.260 e. The topological polar surface area (TPSA) is 42.0 Å². The van der Waals surface area contributed by atoms with Gasteiger partial charge in [0, 0.05) is 32.7 Å². The zero-order chi connectivity index (χ0) is 22.2. The number of benzene rings is 2. The Bertz CT molecular complexity index is 846. The predicted octanol–water partition coefficient (Wildman–Crippen LogP) is 4.33. The third-order valence-electron chi connectivity index (χ3n) is 5.94. The number of carbonyl (C=O) groups excluding carboxylic acids is 1. The fraction of sp³-hybridized carbons (Fsp3) is 0.480. The lowest BCUT2D eigenvalue weighted by Crippen LogP contribution is -2.50. The maximum absolute atomic E-state index is 12.6. The van der Waals surface area contributed by atoms with Crippen LogP contribution in [0.2, 0.25) is 0 Å². The Kier molecular flexibility index (Phi) is 8.65. The number of methoxy groups -OCH3 is 1. The molecule has 0 N–H and O–H groups in total. The minimum Gasteiger partial charge on any atom is -0.497 e. The lowest BCUT2D eigenvalue weighted by atomic mass is 10.1. The molecule has 2 saturated heterocycles. The quantitative estimate of drug-likeness (QED) is 0.570. The molecular formula is C25H32N2O3S2. The number of carbonyl (C=O) groups is 1. The van der Waals surface area contributed by atoms with Crippen molar-refractivity contribution in [3.63, 3.8) is 0 Å². The highest BCUT2D eigenvalue weighted by molar-refractivity contribution is 8.16. The van der Waals surface area contributed by atoms with Gasteiger partial charge in [0.1, 0.15) is 11.5 Å². The van der Waals surface area contributed by atoms with Gasteiger partial charge in [-0.1, -0.05) is 24.3 Å². The molecule has 172 valence electrons. The molecule has 2 aromatic carbocycles. The van der Waals surface area contributed by atoms with Crippen LogP contribution in [0.4, 0.5) is 0 Å². The molecule has 2 heterocycles. The Morgan fingerprint density at radius 2 is 1.59 bits per heavy atom. The van der Waals surface area contributed by atoms with Gasteiger partial charge < -0.3 is 14.4 Å². The summed E-state index contributed by atoms with van der Waals surface area (Å²) in [5, 5.41) is 0. The van der Waals surface area contributed by atoms with E-state index in [1.54, 1.807) is 7.11 Å². The molecule has 5 nitrogen and oxygen atoms in total. The van der Waals surface area contributed by atoms with Crippen molar-refractivity contribution in [2.45, 2.75) is 17.4 Å². The van der Waals surface area contributed by atoms with Crippen molar-refractivity contribution in [2.75, 3.05) is 57.9 Å². The summed E-state index contributed by atoms with van der Waals surface area (Å²) in [5.41, 5.74) is 2.65. The Morgan fingerprint density at radius 1 is 0.938 bits per heavy atom. The van der Waals surface area contributed by atoms with Gasteiger partial charge in [-0.15, -0.1) is 23.5 Å². The first kappa shape index (κ1) is 23.3. The fourth-order valence-electron chi connectivity index (χ4n) is 3.94. The first-order valence-electron chi connectivity index (χ1n) is 11.3. The second-order valence-electron chi connectivity index (χ2n) is 8.11. The lowest BCUT2D eigenvalue weighted by molar-refractivity contribution is -0.135. The van der Waals surface area contributed by atoms with E-state index in [4.69, 9.17) is 9.47 Å². The molecule has 4 rings (SSSR count). The van der Waals surface area contributed by atoms with Gasteiger partial charge in [-0.25, -0.2) is 0 Å². The summed E-state index contributed by atoms with van der Waals surface area (Å²) in [5.74, 6) is 4.20. The summed E-state index contributed by atoms with van der Waals surface area (Å²) in [6.07, 6.45) is 2.31. The van der Waals surface area contributed by atoms with E-state index in [-0.39, 0.29) is 12.5 Å². The summed E-state index contributed by atoms with van der Waals surface area (Å²) in [4.78, 5) is 16.9. The first-order valence-corrected chi connectivity index (χ1v) is 13.4. The maximum atomic E-state index is 12.6. The van der Waals surface area contributed by atoms with Crippen molar-refractivity contribution in [3.05, 3.63) is 59.7 Å². The van der Waals surface area contributed by atoms with Crippen LogP contribution < -0.4 is 9.47 Å². The van der Waals surface area contributed by atoms with Gasteiger partial charge in [0.05, 0.1) is 11.7 Å². The number of rotatable bonds is 8. The van der Waals surface area contributed by atoms with Gasteiger partial charge in [-0.3, -0.25) is 9.69 Å². The van der Waals surface area contributed by atoms with E-state index in [0.717, 1.165) is 50.6 Å². The summed E-state index contributed by atoms with van der Waals surface area (Å²) in [6.45, 7) is 4.47. The Hall–Kier alpha value is -1.83. The monoisotopic (exact) mass is 472 g/mol. The van der Waals surface area contributed by atoms with Crippen LogP contribution in [0.15, 0.2) is 48.5 Å². The molecule has 0 unspecified atom stereocenters. The zero-order valence-electron chi connectivity index (χ0n) is 18.7. The van der Waals surface area contributed by atoms with Crippen LogP contribution in [-0.2, 0) is 11.2 Å². The number of piperazine rings is 1. The molecule has 2 aliphatic rings. The van der Waals surface area contributed by atoms with Crippen molar-refractivity contribution in [2.24, 2.45) is 0 Å². The molecule has 0 atom stereocenters. The Labute approximate surface area is 199 Å². The van der Waals surface area contributed by atoms with Crippen LogP contribution in [0.5, 0.6) is 11.5 Å². The summed E-state index contributed by atoms with van der Waals surface area (Å²) in [6, 6.07) is 16.5. The molecule has 1 amide bonds. The Balaban J connectivity index is 1.16. The molecule has 0 aliphatic carbocycles. The number of thioether (sulfide) groups is 2. The molecule has 0 saturated carbocycles. The third kappa shape index (κ3) is 6.59. The standard InChI is InChI=1S/C25H32N2O3S2/c1-29-22-7-3-20(4-8-22)11-12-26-13-15-27(16-14-26)24(28)19-30-23-9-5-21(6-10-23)25-31-17-2-18-32-25/h3-10,25H,2,11-19H2,1H3. The van der Waals surface area contributed by atoms with Gasteiger partial charge >= 0.3 is 0 Å². The largest absolute Gasteiger partial charge is 0.497 e. The van der Waals surface area contributed by atoms with E-state index in [1.165, 1.54) is 29.1 Å². The minimum atomic E-state index is 0.0715. The molecule has 0 spiro atoms. The van der Waals surface area contributed by atoms with E-state index < -0.39 is 0 Å². The highest BCUT2D eigenvalue weighted by Gasteiger charge is 2.21. The van der Waals surface area contributed by atoms with E-state index in [0.29, 0.717) is 4.58 Å². The maximum Gasteiger partial charge on any atom is 0.260 e. The summed E-state index contributed by atoms with van der Waals surface area (Å²) in [7, 11) is 1.69. The zero-order valence-corrected chi connectivity index (χ0v) is 20.3. The molecule has 2 fully saturated rings. The number of hydrogen-bond acceptors (Lipinski definition) is 6. The summed E-state index contributed by atoms with van der Waals surface area (Å²) >= 11 is 4.03. The molecular weight excluding hydrogens is 440 g/mol. The van der Waals surface area contributed by atoms with Gasteiger partial charge in [0.2, 0.25) is 0 Å². The van der Waals surface area contributed by atoms with Crippen LogP contribution in [0.25, 0.3) is 0 Å². The SMILES string of the molecule is COc1ccc(CCN2CCN(C(=O)COc3ccc(C4SCCCS4)cc3)CC2)cc1. The molecule has 2 aliphatic heterocycles. The minimum absolute atomic E-state index is 0.0715. The van der Waals surface area contributed by atoms with E-state index in [2.05, 4.69) is 29.2 Å². The van der Waals surface area contributed by atoms with Gasteiger partial charge in [0.25, 0.3) is 5.91 Å². The number of hydrogen-bond donors (Lipinski definition) is 0. The Morgan fingerprint density at radius 3 is 2.25 bits per heavy atom. The molecule has 0 radical (unpaired) electrons. The van der Waals surface area contributed by atoms with E-state index in [1.807, 2.05) is 52.7 Å². The second-order valence-corrected chi connectivity index (χ2v) is 10.8. The average Bonchev–Trinajstić information content (AvgIpc) is 2.87. The van der Waals surface area contributed by atoms with Crippen LogP contribution in [-0.4, -0.2) is 73.7 Å². The number of amides is 1. The van der Waals surface area contributed by atoms with Crippen molar-refractivity contribution in [3.8, 4) is 11.5 Å². The average molecular weight is 473 g/mol. The molecule has 7 heteroatoms. The van der Waals surface area contributed by atoms with Crippen molar-refractivity contribution in [1.29, 1.82) is 0 Å². The van der Waals surface area contributed by atoms with Crippen LogP contribution in [0, 0.1) is 0 Å². The lowest BCUT2D eigenvalue weighted by Gasteiger charge is -2.34. The molecule has 32 heavy (non-hydrogen) atoms. The number of ether oxygens (including phenoxy) is 2. The number of nitrogens with zero attached hydrogens (tertiary/aromatic N) is 2. The van der Waals surface area contributed by atoms with Gasteiger partial charge in [-0.2, -0.15) is 0 Å². The molecule has 0 bridgehead atoms. The van der Waals surface area contributed by atoms with Crippen LogP contribution in [0.1, 0.15) is 22.1 Å². The van der Waals surface area contributed by atoms with Crippen molar-refractivity contribution < 1.29 is 14.3 Å². The third-order valence-corrected chi connectivity index (χ3v) is 8.96. The van der Waals surface area contributed by atoms with Gasteiger partial charge in [-0.05, 0) is 59.7 Å². The fourth-order valence-corrected chi connectivity index (χ4v) is 6.83. The molecule has 2 aromatic rings. The first-order chi connectivity index (χ1) is 15.7. The highest BCUT2D eigenvalue weighted by atomic mass is 32.2. The van der Waals surface area contributed by atoms with E-state index in [9.17, 15) is 4.79 Å². The van der Waals surface area contributed by atoms with Crippen molar-refractivity contribution in [1.82, 2.24) is 9.80 Å². The van der Waals surface area contributed by atoms with Crippen LogP contribution in [0.3, 0.4) is 0 Å². The highest BCUT2D eigenvalue weighted by Crippen LogP contribution is 2.43. The predicted molar refractivity (Wildman–Crippen MR) is 134 cm³/mol.